The van der Waals surface area contributed by atoms with Crippen molar-refractivity contribution < 1.29 is 19.9 Å². The second-order valence-electron chi connectivity index (χ2n) is 5.58. The maximum absolute atomic E-state index is 11.7. The number of carbonyl (C=O) groups excluding carboxylic acids is 1. The third kappa shape index (κ3) is 3.61. The Morgan fingerprint density at radius 3 is 2.17 bits per heavy atom. The van der Waals surface area contributed by atoms with E-state index in [2.05, 4.69) is 5.48 Å². The van der Waals surface area contributed by atoms with Crippen LogP contribution in [0.3, 0.4) is 0 Å². The van der Waals surface area contributed by atoms with Crippen LogP contribution in [-0.2, 0) is 4.79 Å². The van der Waals surface area contributed by atoms with E-state index in [-0.39, 0.29) is 17.5 Å². The molecule has 24 heavy (non-hydrogen) atoms. The Balaban J connectivity index is 2.49. The summed E-state index contributed by atoms with van der Waals surface area (Å²) < 4.78 is 0. The van der Waals surface area contributed by atoms with E-state index in [0.29, 0.717) is 5.69 Å². The summed E-state index contributed by atoms with van der Waals surface area (Å²) in [5, 5.41) is 18.2. The van der Waals surface area contributed by atoms with E-state index in [4.69, 9.17) is 5.11 Å². The summed E-state index contributed by atoms with van der Waals surface area (Å²) in [7, 11) is 1.67. The molecule has 3 N–H and O–H groups in total. The smallest absolute Gasteiger partial charge is 0.335 e. The molecule has 6 heteroatoms. The summed E-state index contributed by atoms with van der Waals surface area (Å²) in [5.41, 5.74) is 5.59. The number of nitrogens with one attached hydrogen (secondary N) is 1. The van der Waals surface area contributed by atoms with Crippen LogP contribution in [0.4, 0.5) is 5.69 Å². The van der Waals surface area contributed by atoms with E-state index in [9.17, 15) is 14.8 Å². The first-order valence-electron chi connectivity index (χ1n) is 7.46. The molecule has 2 aromatic carbocycles. The molecule has 0 radical (unpaired) electrons. The van der Waals surface area contributed by atoms with Gasteiger partial charge >= 0.3 is 5.97 Å². The molecule has 1 atom stereocenters. The molecule has 0 saturated heterocycles. The lowest BCUT2D eigenvalue weighted by atomic mass is 9.97. The van der Waals surface area contributed by atoms with Gasteiger partial charge < -0.3 is 15.2 Å². The second-order valence-corrected chi connectivity index (χ2v) is 5.58. The van der Waals surface area contributed by atoms with Gasteiger partial charge in [0.15, 0.2) is 0 Å². The maximum atomic E-state index is 11.7. The topological polar surface area (TPSA) is 89.9 Å². The molecule has 0 saturated carbocycles. The van der Waals surface area contributed by atoms with Crippen LogP contribution < -0.4 is 10.4 Å². The lowest BCUT2D eigenvalue weighted by Crippen LogP contribution is -2.26. The van der Waals surface area contributed by atoms with E-state index < -0.39 is 5.97 Å². The quantitative estimate of drug-likeness (QED) is 0.734. The van der Waals surface area contributed by atoms with E-state index >= 15 is 0 Å². The Morgan fingerprint density at radius 2 is 1.67 bits per heavy atom. The fourth-order valence-corrected chi connectivity index (χ4v) is 2.43. The number of rotatable bonds is 5. The summed E-state index contributed by atoms with van der Waals surface area (Å²) in [4.78, 5) is 24.1. The Bertz CT molecular complexity index is 756. The summed E-state index contributed by atoms with van der Waals surface area (Å²) in [6.45, 7) is 3.25. The van der Waals surface area contributed by atoms with Crippen LogP contribution in [0.25, 0.3) is 11.1 Å². The highest BCUT2D eigenvalue weighted by molar-refractivity contribution is 5.92. The van der Waals surface area contributed by atoms with E-state index in [1.807, 2.05) is 18.2 Å². The predicted octanol–water partition coefficient (Wildman–Crippen LogP) is 3.07. The van der Waals surface area contributed by atoms with Crippen LogP contribution in [0.15, 0.2) is 42.5 Å². The number of aromatic carboxylic acids is 1. The fraction of sp³-hybridized carbons (Fsp3) is 0.222. The largest absolute Gasteiger partial charge is 0.478 e. The number of carbonyl (C=O) groups is 2. The fourth-order valence-electron chi connectivity index (χ4n) is 2.43. The van der Waals surface area contributed by atoms with Crippen LogP contribution in [0.5, 0.6) is 0 Å². The molecule has 2 rings (SSSR count). The molecular formula is C18H20N2O4. The zero-order chi connectivity index (χ0) is 17.9. The zero-order valence-electron chi connectivity index (χ0n) is 13.8. The molecule has 0 aliphatic rings. The number of hydroxylamine groups is 1. The van der Waals surface area contributed by atoms with Gasteiger partial charge in [-0.3, -0.25) is 4.79 Å². The monoisotopic (exact) mass is 328 g/mol. The van der Waals surface area contributed by atoms with Crippen molar-refractivity contribution in [3.63, 3.8) is 0 Å². The van der Waals surface area contributed by atoms with Crippen molar-refractivity contribution in [3.05, 3.63) is 53.6 Å². The van der Waals surface area contributed by atoms with Crippen molar-refractivity contribution in [2.45, 2.75) is 19.9 Å². The van der Waals surface area contributed by atoms with Crippen LogP contribution >= 0.6 is 0 Å². The first-order valence-corrected chi connectivity index (χ1v) is 7.46. The molecule has 126 valence electrons. The molecule has 0 heterocycles. The minimum Gasteiger partial charge on any atom is -0.478 e. The molecule has 0 fully saturated rings. The molecular weight excluding hydrogens is 308 g/mol. The average Bonchev–Trinajstić information content (AvgIpc) is 2.59. The van der Waals surface area contributed by atoms with Crippen molar-refractivity contribution >= 4 is 17.6 Å². The van der Waals surface area contributed by atoms with Gasteiger partial charge in [-0.1, -0.05) is 18.2 Å². The van der Waals surface area contributed by atoms with Crippen LogP contribution in [0.2, 0.25) is 0 Å². The van der Waals surface area contributed by atoms with Crippen LogP contribution in [0, 0.1) is 0 Å². The van der Waals surface area contributed by atoms with Crippen molar-refractivity contribution in [1.29, 1.82) is 0 Å². The van der Waals surface area contributed by atoms with E-state index in [1.54, 1.807) is 38.2 Å². The molecule has 2 aromatic rings. The normalized spacial score (nSPS) is 11.8. The average molecular weight is 328 g/mol. The molecule has 0 bridgehead atoms. The summed E-state index contributed by atoms with van der Waals surface area (Å²) in [5.74, 6) is -1.08. The van der Waals surface area contributed by atoms with Gasteiger partial charge in [0, 0.05) is 19.7 Å². The number of amides is 1. The molecule has 1 amide bonds. The van der Waals surface area contributed by atoms with Crippen LogP contribution in [0.1, 0.15) is 35.8 Å². The highest BCUT2D eigenvalue weighted by Gasteiger charge is 2.16. The first-order chi connectivity index (χ1) is 11.3. The number of nitrogens with zero attached hydrogens (tertiary/aromatic N) is 1. The highest BCUT2D eigenvalue weighted by atomic mass is 16.5. The lowest BCUT2D eigenvalue weighted by molar-refractivity contribution is -0.116. The van der Waals surface area contributed by atoms with Crippen molar-refractivity contribution in [2.75, 3.05) is 11.9 Å². The van der Waals surface area contributed by atoms with Gasteiger partial charge in [0.25, 0.3) is 0 Å². The van der Waals surface area contributed by atoms with Gasteiger partial charge in [0.2, 0.25) is 5.91 Å². The number of hydrogen-bond donors (Lipinski definition) is 3. The third-order valence-corrected chi connectivity index (χ3v) is 3.99. The summed E-state index contributed by atoms with van der Waals surface area (Å²) >= 11 is 0. The molecule has 1 unspecified atom stereocenters. The lowest BCUT2D eigenvalue weighted by Gasteiger charge is -2.23. The van der Waals surface area contributed by atoms with Crippen molar-refractivity contribution in [2.24, 2.45) is 0 Å². The van der Waals surface area contributed by atoms with Gasteiger partial charge in [0.1, 0.15) is 0 Å². The molecule has 6 nitrogen and oxygen atoms in total. The minimum atomic E-state index is -0.973. The van der Waals surface area contributed by atoms with Crippen molar-refractivity contribution in [3.8, 4) is 11.1 Å². The molecule has 0 aliphatic heterocycles. The van der Waals surface area contributed by atoms with E-state index in [1.165, 1.54) is 11.8 Å². The maximum Gasteiger partial charge on any atom is 0.335 e. The highest BCUT2D eigenvalue weighted by Crippen LogP contribution is 2.31. The van der Waals surface area contributed by atoms with E-state index in [0.717, 1.165) is 16.7 Å². The Labute approximate surface area is 140 Å². The third-order valence-electron chi connectivity index (χ3n) is 3.99. The Kier molecular flexibility index (Phi) is 5.33. The van der Waals surface area contributed by atoms with Gasteiger partial charge in [-0.05, 0) is 47.9 Å². The molecule has 0 aliphatic carbocycles. The number of benzene rings is 2. The van der Waals surface area contributed by atoms with Gasteiger partial charge in [-0.15, -0.1) is 0 Å². The number of hydrogen-bond acceptors (Lipinski definition) is 4. The number of carboxylic acids is 1. The predicted molar refractivity (Wildman–Crippen MR) is 91.3 cm³/mol. The zero-order valence-corrected chi connectivity index (χ0v) is 13.8. The van der Waals surface area contributed by atoms with Gasteiger partial charge in [-0.25, -0.2) is 4.79 Å². The molecule has 0 spiro atoms. The first kappa shape index (κ1) is 17.7. The number of anilines is 1. The Morgan fingerprint density at radius 1 is 1.08 bits per heavy atom. The molecule has 0 aromatic heterocycles. The minimum absolute atomic E-state index is 0.111. The van der Waals surface area contributed by atoms with Crippen molar-refractivity contribution in [1.82, 2.24) is 5.48 Å². The Hall–Kier alpha value is -2.70. The van der Waals surface area contributed by atoms with Crippen LogP contribution in [-0.4, -0.2) is 29.2 Å². The number of carboxylic acid groups (broad SMARTS) is 1. The summed E-state index contributed by atoms with van der Waals surface area (Å²) in [6.07, 6.45) is 0. The standard InChI is InChI=1S/C18H20N2O4/c1-11(19-24)16-10-15(8-9-17(16)20(3)12(2)21)13-4-6-14(7-5-13)18(22)23/h4-11,19,24H,1-3H3,(H,22,23). The van der Waals surface area contributed by atoms with Gasteiger partial charge in [-0.2, -0.15) is 5.48 Å². The summed E-state index contributed by atoms with van der Waals surface area (Å²) in [6, 6.07) is 11.7. The second kappa shape index (κ2) is 7.25. The van der Waals surface area contributed by atoms with Gasteiger partial charge in [0.05, 0.1) is 11.6 Å². The SMILES string of the molecule is CC(=O)N(C)c1ccc(-c2ccc(C(=O)O)cc2)cc1C(C)NO.